The minimum absolute atomic E-state index is 0.0774. The summed E-state index contributed by atoms with van der Waals surface area (Å²) in [5.41, 5.74) is 7.59. The topological polar surface area (TPSA) is 93.4 Å². The SMILES string of the molecule is Cc1nc2c(c(N3CCC4(CC3)COC(CN)C4)n1)CCNC2=O. The smallest absolute Gasteiger partial charge is 0.270 e. The molecule has 0 aliphatic carbocycles. The Kier molecular flexibility index (Phi) is 3.92. The van der Waals surface area contributed by atoms with Crippen molar-refractivity contribution in [3.05, 3.63) is 17.1 Å². The lowest BCUT2D eigenvalue weighted by Crippen LogP contribution is -2.43. The molecule has 4 heterocycles. The summed E-state index contributed by atoms with van der Waals surface area (Å²) in [5.74, 6) is 1.54. The molecule has 1 atom stereocenters. The fraction of sp³-hybridized carbons (Fsp3) is 0.706. The van der Waals surface area contributed by atoms with E-state index in [1.807, 2.05) is 6.92 Å². The Morgan fingerprint density at radius 3 is 2.88 bits per heavy atom. The zero-order valence-corrected chi connectivity index (χ0v) is 14.2. The molecular formula is C17H25N5O2. The molecular weight excluding hydrogens is 306 g/mol. The molecule has 1 spiro atoms. The molecule has 0 radical (unpaired) electrons. The van der Waals surface area contributed by atoms with Gasteiger partial charge in [0, 0.05) is 31.7 Å². The van der Waals surface area contributed by atoms with Crippen molar-refractivity contribution in [1.82, 2.24) is 15.3 Å². The number of nitrogens with one attached hydrogen (secondary N) is 1. The summed E-state index contributed by atoms with van der Waals surface area (Å²) < 4.78 is 5.84. The number of nitrogens with zero attached hydrogens (tertiary/aromatic N) is 3. The summed E-state index contributed by atoms with van der Waals surface area (Å²) in [4.78, 5) is 23.5. The van der Waals surface area contributed by atoms with E-state index in [0.717, 1.165) is 56.8 Å². The van der Waals surface area contributed by atoms with Crippen molar-refractivity contribution in [3.8, 4) is 0 Å². The van der Waals surface area contributed by atoms with Crippen LogP contribution in [0.5, 0.6) is 0 Å². The van der Waals surface area contributed by atoms with Crippen LogP contribution >= 0.6 is 0 Å². The highest BCUT2D eigenvalue weighted by molar-refractivity contribution is 5.96. The van der Waals surface area contributed by atoms with Crippen LogP contribution in [0.3, 0.4) is 0 Å². The Bertz CT molecular complexity index is 655. The molecule has 0 bridgehead atoms. The van der Waals surface area contributed by atoms with Gasteiger partial charge in [0.1, 0.15) is 17.3 Å². The van der Waals surface area contributed by atoms with Crippen LogP contribution in [0.2, 0.25) is 0 Å². The third-order valence-corrected chi connectivity index (χ3v) is 5.65. The molecule has 24 heavy (non-hydrogen) atoms. The number of piperidine rings is 1. The van der Waals surface area contributed by atoms with Crippen molar-refractivity contribution in [3.63, 3.8) is 0 Å². The van der Waals surface area contributed by atoms with E-state index in [1.54, 1.807) is 0 Å². The van der Waals surface area contributed by atoms with Gasteiger partial charge in [-0.1, -0.05) is 0 Å². The summed E-state index contributed by atoms with van der Waals surface area (Å²) in [5, 5.41) is 2.87. The molecule has 7 heteroatoms. The Morgan fingerprint density at radius 1 is 1.38 bits per heavy atom. The number of aromatic nitrogens is 2. The number of ether oxygens (including phenoxy) is 1. The van der Waals surface area contributed by atoms with Gasteiger partial charge in [-0.25, -0.2) is 9.97 Å². The molecule has 2 fully saturated rings. The molecule has 130 valence electrons. The van der Waals surface area contributed by atoms with E-state index in [1.165, 1.54) is 0 Å². The van der Waals surface area contributed by atoms with E-state index in [2.05, 4.69) is 20.2 Å². The highest BCUT2D eigenvalue weighted by atomic mass is 16.5. The first-order chi connectivity index (χ1) is 11.6. The first kappa shape index (κ1) is 15.8. The molecule has 3 aliphatic rings. The van der Waals surface area contributed by atoms with E-state index < -0.39 is 0 Å². The molecule has 0 saturated carbocycles. The molecule has 1 aromatic rings. The van der Waals surface area contributed by atoms with Gasteiger partial charge in [-0.2, -0.15) is 0 Å². The van der Waals surface area contributed by atoms with Gasteiger partial charge in [0.25, 0.3) is 5.91 Å². The minimum atomic E-state index is -0.0774. The van der Waals surface area contributed by atoms with Crippen molar-refractivity contribution in [2.24, 2.45) is 11.1 Å². The van der Waals surface area contributed by atoms with E-state index in [0.29, 0.717) is 24.6 Å². The molecule has 2 saturated heterocycles. The molecule has 1 unspecified atom stereocenters. The van der Waals surface area contributed by atoms with E-state index in [4.69, 9.17) is 10.5 Å². The highest BCUT2D eigenvalue weighted by Crippen LogP contribution is 2.42. The minimum Gasteiger partial charge on any atom is -0.376 e. The van der Waals surface area contributed by atoms with Gasteiger partial charge in [0.2, 0.25) is 0 Å². The lowest BCUT2D eigenvalue weighted by Gasteiger charge is -2.40. The number of anilines is 1. The van der Waals surface area contributed by atoms with E-state index >= 15 is 0 Å². The number of aryl methyl sites for hydroxylation is 1. The maximum atomic E-state index is 12.1. The van der Waals surface area contributed by atoms with Gasteiger partial charge in [0.05, 0.1) is 12.7 Å². The number of carbonyl (C=O) groups excluding carboxylic acids is 1. The monoisotopic (exact) mass is 331 g/mol. The molecule has 4 rings (SSSR count). The van der Waals surface area contributed by atoms with Crippen molar-refractivity contribution < 1.29 is 9.53 Å². The van der Waals surface area contributed by atoms with E-state index in [-0.39, 0.29) is 17.4 Å². The molecule has 0 aromatic carbocycles. The van der Waals surface area contributed by atoms with E-state index in [9.17, 15) is 4.79 Å². The van der Waals surface area contributed by atoms with Crippen LogP contribution in [-0.4, -0.2) is 54.8 Å². The fourth-order valence-electron chi connectivity index (χ4n) is 4.23. The zero-order valence-electron chi connectivity index (χ0n) is 14.2. The number of amides is 1. The first-order valence-electron chi connectivity index (χ1n) is 8.83. The number of hydrogen-bond donors (Lipinski definition) is 2. The van der Waals surface area contributed by atoms with Gasteiger partial charge in [-0.05, 0) is 38.0 Å². The molecule has 1 aromatic heterocycles. The molecule has 3 N–H and O–H groups in total. The third-order valence-electron chi connectivity index (χ3n) is 5.65. The molecule has 3 aliphatic heterocycles. The van der Waals surface area contributed by atoms with Gasteiger partial charge in [0.15, 0.2) is 0 Å². The van der Waals surface area contributed by atoms with Crippen molar-refractivity contribution >= 4 is 11.7 Å². The maximum Gasteiger partial charge on any atom is 0.270 e. The van der Waals surface area contributed by atoms with Crippen molar-refractivity contribution in [2.45, 2.75) is 38.7 Å². The Hall–Kier alpha value is -1.73. The van der Waals surface area contributed by atoms with Gasteiger partial charge < -0.3 is 20.7 Å². The Balaban J connectivity index is 1.55. The second kappa shape index (κ2) is 5.97. The van der Waals surface area contributed by atoms with Crippen LogP contribution in [0.15, 0.2) is 0 Å². The summed E-state index contributed by atoms with van der Waals surface area (Å²) in [7, 11) is 0. The van der Waals surface area contributed by atoms with Gasteiger partial charge in [-0.15, -0.1) is 0 Å². The second-order valence-electron chi connectivity index (χ2n) is 7.29. The quantitative estimate of drug-likeness (QED) is 0.815. The standard InChI is InChI=1S/C17H25N5O2/c1-11-20-14-13(2-5-19-16(14)23)15(21-11)22-6-3-17(4-7-22)8-12(9-18)24-10-17/h12H,2-10,18H2,1H3,(H,19,23). The number of fused-ring (bicyclic) bond motifs is 1. The highest BCUT2D eigenvalue weighted by Gasteiger charge is 2.42. The van der Waals surface area contributed by atoms with Crippen molar-refractivity contribution in [1.29, 1.82) is 0 Å². The number of hydrogen-bond acceptors (Lipinski definition) is 6. The average Bonchev–Trinajstić information content (AvgIpc) is 2.99. The Morgan fingerprint density at radius 2 is 2.17 bits per heavy atom. The van der Waals surface area contributed by atoms with Crippen LogP contribution in [0.25, 0.3) is 0 Å². The summed E-state index contributed by atoms with van der Waals surface area (Å²) >= 11 is 0. The molecule has 7 nitrogen and oxygen atoms in total. The van der Waals surface area contributed by atoms with Gasteiger partial charge >= 0.3 is 0 Å². The third kappa shape index (κ3) is 2.65. The average molecular weight is 331 g/mol. The predicted octanol–water partition coefficient (Wildman–Crippen LogP) is 0.405. The number of rotatable bonds is 2. The number of carbonyl (C=O) groups is 1. The van der Waals surface area contributed by atoms with Crippen LogP contribution < -0.4 is 16.0 Å². The largest absolute Gasteiger partial charge is 0.376 e. The fourth-order valence-corrected chi connectivity index (χ4v) is 4.23. The number of nitrogens with two attached hydrogens (primary N) is 1. The van der Waals surface area contributed by atoms with Crippen LogP contribution in [0.4, 0.5) is 5.82 Å². The normalized spacial score (nSPS) is 25.7. The first-order valence-corrected chi connectivity index (χ1v) is 8.83. The molecule has 1 amide bonds. The predicted molar refractivity (Wildman–Crippen MR) is 90.1 cm³/mol. The van der Waals surface area contributed by atoms with Crippen LogP contribution in [0, 0.1) is 12.3 Å². The zero-order chi connectivity index (χ0) is 16.7. The second-order valence-corrected chi connectivity index (χ2v) is 7.29. The van der Waals surface area contributed by atoms with Gasteiger partial charge in [-0.3, -0.25) is 4.79 Å². The summed E-state index contributed by atoms with van der Waals surface area (Å²) in [6, 6.07) is 0. The lowest BCUT2D eigenvalue weighted by molar-refractivity contribution is 0.0926. The van der Waals surface area contributed by atoms with Crippen LogP contribution in [-0.2, 0) is 11.2 Å². The van der Waals surface area contributed by atoms with Crippen molar-refractivity contribution in [2.75, 3.05) is 37.7 Å². The summed E-state index contributed by atoms with van der Waals surface area (Å²) in [6.07, 6.45) is 4.27. The van der Waals surface area contributed by atoms with Crippen LogP contribution in [0.1, 0.15) is 41.1 Å². The summed E-state index contributed by atoms with van der Waals surface area (Å²) in [6.45, 7) is 5.85. The Labute approximate surface area is 142 Å². The lowest BCUT2D eigenvalue weighted by atomic mass is 9.76. The maximum absolute atomic E-state index is 12.1.